The van der Waals surface area contributed by atoms with Crippen molar-refractivity contribution in [3.05, 3.63) is 48.2 Å². The average molecular weight is 233 g/mol. The molecule has 0 atom stereocenters. The van der Waals surface area contributed by atoms with E-state index in [0.29, 0.717) is 0 Å². The van der Waals surface area contributed by atoms with Gasteiger partial charge < -0.3 is 4.42 Å². The van der Waals surface area contributed by atoms with Crippen LogP contribution in [-0.2, 0) is 9.84 Å². The van der Waals surface area contributed by atoms with E-state index in [1.165, 1.54) is 24.3 Å². The van der Waals surface area contributed by atoms with Crippen LogP contribution in [0.5, 0.6) is 0 Å². The van der Waals surface area contributed by atoms with E-state index in [-0.39, 0.29) is 15.7 Å². The Morgan fingerprint density at radius 2 is 1.75 bits per heavy atom. The number of benzene rings is 1. The fraction of sp³-hybridized carbons (Fsp3) is 0. The average Bonchev–Trinajstić information content (AvgIpc) is 2.79. The molecule has 4 nitrogen and oxygen atoms in total. The van der Waals surface area contributed by atoms with E-state index in [2.05, 4.69) is 0 Å². The third-order valence-electron chi connectivity index (χ3n) is 2.01. The first-order valence-electron chi connectivity index (χ1n) is 4.44. The molecule has 0 radical (unpaired) electrons. The molecule has 80 valence electrons. The van der Waals surface area contributed by atoms with Crippen molar-refractivity contribution in [3.8, 4) is 6.07 Å². The van der Waals surface area contributed by atoms with Crippen molar-refractivity contribution >= 4 is 9.84 Å². The van der Waals surface area contributed by atoms with E-state index < -0.39 is 9.84 Å². The van der Waals surface area contributed by atoms with Gasteiger partial charge in [0.15, 0.2) is 0 Å². The minimum absolute atomic E-state index is 0.0190. The molecule has 1 aromatic carbocycles. The van der Waals surface area contributed by atoms with Crippen LogP contribution in [0.15, 0.2) is 56.9 Å². The normalized spacial score (nSPS) is 10.9. The van der Waals surface area contributed by atoms with Crippen molar-refractivity contribution < 1.29 is 12.8 Å². The van der Waals surface area contributed by atoms with Crippen LogP contribution >= 0.6 is 0 Å². The van der Waals surface area contributed by atoms with Crippen molar-refractivity contribution in [1.82, 2.24) is 0 Å². The molecule has 0 aliphatic carbocycles. The van der Waals surface area contributed by atoms with Crippen LogP contribution in [0.3, 0.4) is 0 Å². The maximum atomic E-state index is 12.0. The summed E-state index contributed by atoms with van der Waals surface area (Å²) in [6.45, 7) is 0. The second kappa shape index (κ2) is 3.83. The molecule has 0 amide bonds. The molecular formula is C11H7NO3S. The topological polar surface area (TPSA) is 71.1 Å². The molecular weight excluding hydrogens is 226 g/mol. The van der Waals surface area contributed by atoms with Crippen LogP contribution in [0, 0.1) is 11.3 Å². The third-order valence-corrected chi connectivity index (χ3v) is 3.65. The second-order valence-corrected chi connectivity index (χ2v) is 4.93. The highest BCUT2D eigenvalue weighted by Gasteiger charge is 2.21. The van der Waals surface area contributed by atoms with Gasteiger partial charge in [-0.05, 0) is 24.3 Å². The SMILES string of the molecule is N#Cc1ccc(S(=O)(=O)c2ccccc2)o1. The Morgan fingerprint density at radius 1 is 1.06 bits per heavy atom. The lowest BCUT2D eigenvalue weighted by molar-refractivity contribution is 0.441. The van der Waals surface area contributed by atoms with Crippen LogP contribution in [0.2, 0.25) is 0 Å². The van der Waals surface area contributed by atoms with Gasteiger partial charge in [0.1, 0.15) is 6.07 Å². The molecule has 0 bridgehead atoms. The number of nitriles is 1. The zero-order valence-electron chi connectivity index (χ0n) is 8.12. The summed E-state index contributed by atoms with van der Waals surface area (Å²) in [5.74, 6) is -0.0190. The molecule has 2 aromatic rings. The Bertz CT molecular complexity index is 635. The number of hydrogen-bond donors (Lipinski definition) is 0. The quantitative estimate of drug-likeness (QED) is 0.795. The molecule has 0 saturated carbocycles. The Morgan fingerprint density at radius 3 is 2.31 bits per heavy atom. The molecule has 1 aromatic heterocycles. The van der Waals surface area contributed by atoms with Crippen molar-refractivity contribution in [2.24, 2.45) is 0 Å². The lowest BCUT2D eigenvalue weighted by Crippen LogP contribution is -1.99. The number of hydrogen-bond acceptors (Lipinski definition) is 4. The van der Waals surface area contributed by atoms with Gasteiger partial charge in [0.25, 0.3) is 0 Å². The molecule has 0 saturated heterocycles. The predicted octanol–water partition coefficient (Wildman–Crippen LogP) is 1.98. The summed E-state index contributed by atoms with van der Waals surface area (Å²) in [5, 5.41) is 8.34. The number of rotatable bonds is 2. The summed E-state index contributed by atoms with van der Waals surface area (Å²) in [5.41, 5.74) is 0. The van der Waals surface area contributed by atoms with Gasteiger partial charge in [-0.15, -0.1) is 0 Å². The minimum atomic E-state index is -3.65. The second-order valence-electron chi connectivity index (χ2n) is 3.05. The molecule has 1 heterocycles. The summed E-state index contributed by atoms with van der Waals surface area (Å²) in [4.78, 5) is 0.147. The summed E-state index contributed by atoms with van der Waals surface area (Å²) in [6.07, 6.45) is 0. The Labute approximate surface area is 92.7 Å². The van der Waals surface area contributed by atoms with E-state index in [0.717, 1.165) is 0 Å². The third kappa shape index (κ3) is 1.71. The van der Waals surface area contributed by atoms with Crippen LogP contribution in [0.25, 0.3) is 0 Å². The van der Waals surface area contributed by atoms with E-state index in [1.807, 2.05) is 0 Å². The zero-order valence-corrected chi connectivity index (χ0v) is 8.94. The van der Waals surface area contributed by atoms with Crippen molar-refractivity contribution in [1.29, 1.82) is 5.26 Å². The first kappa shape index (κ1) is 10.5. The van der Waals surface area contributed by atoms with Crippen molar-refractivity contribution in [2.45, 2.75) is 9.99 Å². The summed E-state index contributed by atoms with van der Waals surface area (Å²) in [7, 11) is -3.65. The van der Waals surface area contributed by atoms with Crippen LogP contribution in [0.4, 0.5) is 0 Å². The maximum absolute atomic E-state index is 12.0. The summed E-state index contributed by atoms with van der Waals surface area (Å²) < 4.78 is 28.8. The smallest absolute Gasteiger partial charge is 0.239 e. The zero-order chi connectivity index (χ0) is 11.6. The Balaban J connectivity index is 2.53. The van der Waals surface area contributed by atoms with Gasteiger partial charge in [-0.25, -0.2) is 8.42 Å². The molecule has 2 rings (SSSR count). The Kier molecular flexibility index (Phi) is 2.50. The maximum Gasteiger partial charge on any atom is 0.239 e. The van der Waals surface area contributed by atoms with Crippen LogP contribution in [0.1, 0.15) is 5.76 Å². The molecule has 0 unspecified atom stereocenters. The number of furan rings is 1. The lowest BCUT2D eigenvalue weighted by atomic mass is 10.4. The summed E-state index contributed by atoms with van der Waals surface area (Å²) in [6, 6.07) is 12.3. The monoisotopic (exact) mass is 233 g/mol. The highest BCUT2D eigenvalue weighted by Crippen LogP contribution is 2.22. The van der Waals surface area contributed by atoms with Gasteiger partial charge in [0.05, 0.1) is 4.90 Å². The molecule has 0 aliphatic heterocycles. The van der Waals surface area contributed by atoms with Crippen LogP contribution < -0.4 is 0 Å². The number of sulfone groups is 1. The predicted molar refractivity (Wildman–Crippen MR) is 55.3 cm³/mol. The minimum Gasteiger partial charge on any atom is -0.434 e. The molecule has 16 heavy (non-hydrogen) atoms. The largest absolute Gasteiger partial charge is 0.434 e. The van der Waals surface area contributed by atoms with Gasteiger partial charge in [-0.3, -0.25) is 0 Å². The highest BCUT2D eigenvalue weighted by molar-refractivity contribution is 7.91. The fourth-order valence-corrected chi connectivity index (χ4v) is 2.43. The van der Waals surface area contributed by atoms with Gasteiger partial charge in [0.2, 0.25) is 20.7 Å². The standard InChI is InChI=1S/C11H7NO3S/c12-8-9-6-7-11(15-9)16(13,14)10-4-2-1-3-5-10/h1-7H. The van der Waals surface area contributed by atoms with Gasteiger partial charge in [0, 0.05) is 0 Å². The van der Waals surface area contributed by atoms with Crippen LogP contribution in [-0.4, -0.2) is 8.42 Å². The first-order valence-corrected chi connectivity index (χ1v) is 5.93. The lowest BCUT2D eigenvalue weighted by Gasteiger charge is -1.99. The van der Waals surface area contributed by atoms with Gasteiger partial charge in [-0.1, -0.05) is 18.2 Å². The van der Waals surface area contributed by atoms with Gasteiger partial charge in [-0.2, -0.15) is 5.26 Å². The number of nitrogens with zero attached hydrogens (tertiary/aromatic N) is 1. The van der Waals surface area contributed by atoms with E-state index in [1.54, 1.807) is 24.3 Å². The molecule has 0 N–H and O–H groups in total. The van der Waals surface area contributed by atoms with E-state index >= 15 is 0 Å². The Hall–Kier alpha value is -2.06. The molecule has 0 spiro atoms. The highest BCUT2D eigenvalue weighted by atomic mass is 32.2. The first-order chi connectivity index (χ1) is 7.64. The molecule has 0 aliphatic rings. The van der Waals surface area contributed by atoms with Gasteiger partial charge >= 0.3 is 0 Å². The van der Waals surface area contributed by atoms with Crippen molar-refractivity contribution in [3.63, 3.8) is 0 Å². The van der Waals surface area contributed by atoms with E-state index in [4.69, 9.17) is 9.68 Å². The fourth-order valence-electron chi connectivity index (χ4n) is 1.24. The molecule has 0 fully saturated rings. The molecule has 5 heteroatoms. The summed E-state index contributed by atoms with van der Waals surface area (Å²) >= 11 is 0. The van der Waals surface area contributed by atoms with Crippen molar-refractivity contribution in [2.75, 3.05) is 0 Å². The van der Waals surface area contributed by atoms with E-state index in [9.17, 15) is 8.42 Å².